The van der Waals surface area contributed by atoms with Crippen LogP contribution in [-0.2, 0) is 6.54 Å². The first kappa shape index (κ1) is 11.5. The molecular formula is C13H18N4O. The van der Waals surface area contributed by atoms with Crippen molar-refractivity contribution < 1.29 is 4.52 Å². The van der Waals surface area contributed by atoms with Gasteiger partial charge in [-0.25, -0.2) is 0 Å². The van der Waals surface area contributed by atoms with Gasteiger partial charge in [0, 0.05) is 31.4 Å². The molecule has 0 aromatic carbocycles. The lowest BCUT2D eigenvalue weighted by molar-refractivity contribution is 0.0902. The van der Waals surface area contributed by atoms with Gasteiger partial charge >= 0.3 is 0 Å². The maximum atomic E-state index is 5.19. The van der Waals surface area contributed by atoms with Crippen molar-refractivity contribution in [3.8, 4) is 0 Å². The number of aryl methyl sites for hydroxylation is 3. The van der Waals surface area contributed by atoms with Gasteiger partial charge in [0.1, 0.15) is 5.76 Å². The van der Waals surface area contributed by atoms with Crippen LogP contribution in [-0.4, -0.2) is 32.9 Å². The zero-order chi connectivity index (χ0) is 12.7. The second-order valence-electron chi connectivity index (χ2n) is 5.15. The highest BCUT2D eigenvalue weighted by molar-refractivity contribution is 5.21. The van der Waals surface area contributed by atoms with Crippen molar-refractivity contribution in [1.82, 2.24) is 19.8 Å². The van der Waals surface area contributed by atoms with Gasteiger partial charge in [0.15, 0.2) is 0 Å². The second-order valence-corrected chi connectivity index (χ2v) is 5.15. The Morgan fingerprint density at radius 2 is 2.11 bits per heavy atom. The van der Waals surface area contributed by atoms with E-state index >= 15 is 0 Å². The standard InChI is InChI=1S/C13H18N4O/c1-9-4-14-17(5-9)12-6-16(7-12)8-13-10(2)15-18-11(13)3/h4-5,12H,6-8H2,1-3H3. The van der Waals surface area contributed by atoms with Crippen LogP contribution in [0.2, 0.25) is 0 Å². The van der Waals surface area contributed by atoms with E-state index in [0.29, 0.717) is 6.04 Å². The Balaban J connectivity index is 1.60. The van der Waals surface area contributed by atoms with Gasteiger partial charge < -0.3 is 4.52 Å². The van der Waals surface area contributed by atoms with Gasteiger partial charge in [0.25, 0.3) is 0 Å². The van der Waals surface area contributed by atoms with E-state index in [1.807, 2.05) is 20.0 Å². The fourth-order valence-electron chi connectivity index (χ4n) is 2.42. The van der Waals surface area contributed by atoms with Crippen LogP contribution in [0.4, 0.5) is 0 Å². The summed E-state index contributed by atoms with van der Waals surface area (Å²) in [5.74, 6) is 0.936. The number of likely N-dealkylation sites (tertiary alicyclic amines) is 1. The maximum absolute atomic E-state index is 5.19. The molecule has 0 aliphatic carbocycles. The summed E-state index contributed by atoms with van der Waals surface area (Å²) in [6.07, 6.45) is 4.02. The predicted molar refractivity (Wildman–Crippen MR) is 67.3 cm³/mol. The zero-order valence-corrected chi connectivity index (χ0v) is 11.1. The molecule has 0 atom stereocenters. The van der Waals surface area contributed by atoms with E-state index in [2.05, 4.69) is 33.0 Å². The summed E-state index contributed by atoms with van der Waals surface area (Å²) < 4.78 is 7.25. The summed E-state index contributed by atoms with van der Waals surface area (Å²) in [5, 5.41) is 8.35. The van der Waals surface area contributed by atoms with Crippen molar-refractivity contribution in [3.05, 3.63) is 35.0 Å². The van der Waals surface area contributed by atoms with Crippen LogP contribution >= 0.6 is 0 Å². The maximum Gasteiger partial charge on any atom is 0.138 e. The van der Waals surface area contributed by atoms with E-state index in [4.69, 9.17) is 4.52 Å². The molecule has 0 bridgehead atoms. The van der Waals surface area contributed by atoms with E-state index in [1.165, 1.54) is 11.1 Å². The van der Waals surface area contributed by atoms with Crippen molar-refractivity contribution in [2.24, 2.45) is 0 Å². The first-order valence-corrected chi connectivity index (χ1v) is 6.28. The molecule has 1 aliphatic rings. The summed E-state index contributed by atoms with van der Waals surface area (Å²) in [7, 11) is 0. The first-order chi connectivity index (χ1) is 8.63. The number of aromatic nitrogens is 3. The van der Waals surface area contributed by atoms with Crippen molar-refractivity contribution in [3.63, 3.8) is 0 Å². The Morgan fingerprint density at radius 1 is 1.33 bits per heavy atom. The van der Waals surface area contributed by atoms with Gasteiger partial charge in [-0.3, -0.25) is 9.58 Å². The van der Waals surface area contributed by atoms with Crippen LogP contribution in [0.3, 0.4) is 0 Å². The molecule has 0 radical (unpaired) electrons. The van der Waals surface area contributed by atoms with Crippen molar-refractivity contribution in [2.45, 2.75) is 33.4 Å². The normalized spacial score (nSPS) is 17.1. The smallest absolute Gasteiger partial charge is 0.138 e. The van der Waals surface area contributed by atoms with Crippen molar-refractivity contribution in [1.29, 1.82) is 0 Å². The summed E-state index contributed by atoms with van der Waals surface area (Å²) in [4.78, 5) is 2.40. The number of nitrogens with zero attached hydrogens (tertiary/aromatic N) is 4. The number of hydrogen-bond acceptors (Lipinski definition) is 4. The fourth-order valence-corrected chi connectivity index (χ4v) is 2.42. The Labute approximate surface area is 106 Å². The van der Waals surface area contributed by atoms with E-state index in [9.17, 15) is 0 Å². The first-order valence-electron chi connectivity index (χ1n) is 6.28. The zero-order valence-electron chi connectivity index (χ0n) is 11.1. The Hall–Kier alpha value is -1.62. The van der Waals surface area contributed by atoms with Crippen molar-refractivity contribution in [2.75, 3.05) is 13.1 Å². The molecule has 96 valence electrons. The summed E-state index contributed by atoms with van der Waals surface area (Å²) in [5.41, 5.74) is 3.45. The minimum Gasteiger partial charge on any atom is -0.361 e. The van der Waals surface area contributed by atoms with E-state index in [0.717, 1.165) is 31.1 Å². The Kier molecular flexibility index (Phi) is 2.70. The molecule has 1 aliphatic heterocycles. The van der Waals surface area contributed by atoms with E-state index < -0.39 is 0 Å². The summed E-state index contributed by atoms with van der Waals surface area (Å²) in [6.45, 7) is 9.07. The third-order valence-electron chi connectivity index (χ3n) is 3.61. The van der Waals surface area contributed by atoms with E-state index in [-0.39, 0.29) is 0 Å². The van der Waals surface area contributed by atoms with Gasteiger partial charge in [-0.05, 0) is 26.3 Å². The summed E-state index contributed by atoms with van der Waals surface area (Å²) in [6, 6.07) is 0.513. The van der Waals surface area contributed by atoms with Gasteiger partial charge in [-0.15, -0.1) is 0 Å². The number of rotatable bonds is 3. The van der Waals surface area contributed by atoms with Crippen LogP contribution in [0.1, 0.15) is 28.6 Å². The van der Waals surface area contributed by atoms with Crippen LogP contribution in [0.5, 0.6) is 0 Å². The predicted octanol–water partition coefficient (Wildman–Crippen LogP) is 1.85. The molecule has 1 fully saturated rings. The number of hydrogen-bond donors (Lipinski definition) is 0. The quantitative estimate of drug-likeness (QED) is 0.829. The van der Waals surface area contributed by atoms with Gasteiger partial charge in [0.2, 0.25) is 0 Å². The van der Waals surface area contributed by atoms with E-state index in [1.54, 1.807) is 0 Å². The topological polar surface area (TPSA) is 47.1 Å². The monoisotopic (exact) mass is 246 g/mol. The third-order valence-corrected chi connectivity index (χ3v) is 3.61. The molecule has 3 rings (SSSR count). The minimum atomic E-state index is 0.513. The van der Waals surface area contributed by atoms with Gasteiger partial charge in [-0.2, -0.15) is 5.10 Å². The van der Waals surface area contributed by atoms with Gasteiger partial charge in [-0.1, -0.05) is 5.16 Å². The fraction of sp³-hybridized carbons (Fsp3) is 0.538. The molecule has 5 heteroatoms. The van der Waals surface area contributed by atoms with Crippen LogP contribution in [0.15, 0.2) is 16.9 Å². The highest BCUT2D eigenvalue weighted by atomic mass is 16.5. The molecule has 2 aromatic heterocycles. The molecule has 18 heavy (non-hydrogen) atoms. The third kappa shape index (κ3) is 1.95. The lowest BCUT2D eigenvalue weighted by Crippen LogP contribution is -2.47. The molecular weight excluding hydrogens is 228 g/mol. The molecule has 0 saturated carbocycles. The average molecular weight is 246 g/mol. The minimum absolute atomic E-state index is 0.513. The lowest BCUT2D eigenvalue weighted by Gasteiger charge is -2.39. The van der Waals surface area contributed by atoms with Crippen LogP contribution in [0, 0.1) is 20.8 Å². The SMILES string of the molecule is Cc1cnn(C2CN(Cc3c(C)noc3C)C2)c1. The largest absolute Gasteiger partial charge is 0.361 e. The Bertz CT molecular complexity index is 532. The molecule has 0 N–H and O–H groups in total. The molecule has 2 aromatic rings. The molecule has 5 nitrogen and oxygen atoms in total. The lowest BCUT2D eigenvalue weighted by atomic mass is 10.1. The molecule has 1 saturated heterocycles. The molecule has 0 spiro atoms. The van der Waals surface area contributed by atoms with Crippen LogP contribution in [0.25, 0.3) is 0 Å². The summed E-state index contributed by atoms with van der Waals surface area (Å²) >= 11 is 0. The highest BCUT2D eigenvalue weighted by Gasteiger charge is 2.29. The van der Waals surface area contributed by atoms with Crippen LogP contribution < -0.4 is 0 Å². The molecule has 3 heterocycles. The Morgan fingerprint density at radius 3 is 2.67 bits per heavy atom. The highest BCUT2D eigenvalue weighted by Crippen LogP contribution is 2.24. The average Bonchev–Trinajstić information content (AvgIpc) is 2.82. The molecule has 0 unspecified atom stereocenters. The molecule has 0 amide bonds. The van der Waals surface area contributed by atoms with Gasteiger partial charge in [0.05, 0.1) is 17.9 Å². The van der Waals surface area contributed by atoms with Crippen molar-refractivity contribution >= 4 is 0 Å². The second kappa shape index (κ2) is 4.24.